The molecule has 0 bridgehead atoms. The van der Waals surface area contributed by atoms with Crippen LogP contribution in [0.4, 0.5) is 10.5 Å². The summed E-state index contributed by atoms with van der Waals surface area (Å²) in [5, 5.41) is 7.96. The van der Waals surface area contributed by atoms with Gasteiger partial charge in [-0.25, -0.2) is 4.79 Å². The number of carbonyl (C=O) groups excluding carboxylic acids is 1. The second-order valence-corrected chi connectivity index (χ2v) is 4.22. The zero-order valence-corrected chi connectivity index (χ0v) is 11.3. The third kappa shape index (κ3) is 4.40. The van der Waals surface area contributed by atoms with Gasteiger partial charge >= 0.3 is 6.09 Å². The van der Waals surface area contributed by atoms with Crippen molar-refractivity contribution in [1.82, 2.24) is 5.06 Å². The first kappa shape index (κ1) is 14.1. The molecule has 6 heteroatoms. The smallest absolute Gasteiger partial charge is 0.399 e. The van der Waals surface area contributed by atoms with Crippen LogP contribution in [0.3, 0.4) is 0 Å². The minimum atomic E-state index is -0.499. The fourth-order valence-corrected chi connectivity index (χ4v) is 1.81. The van der Waals surface area contributed by atoms with Crippen LogP contribution in [-0.2, 0) is 9.68 Å². The fraction of sp³-hybridized carbons (Fsp3) is 0.286. The molecule has 0 fully saturated rings. The fourth-order valence-electron chi connectivity index (χ4n) is 1.81. The van der Waals surface area contributed by atoms with Crippen LogP contribution in [0.15, 0.2) is 47.1 Å². The van der Waals surface area contributed by atoms with Crippen LogP contribution in [0.5, 0.6) is 0 Å². The Morgan fingerprint density at radius 2 is 2.20 bits per heavy atom. The molecule has 0 aromatic heterocycles. The first-order valence-corrected chi connectivity index (χ1v) is 6.32. The number of oxime groups is 1. The number of nitrogens with zero attached hydrogens (tertiary/aromatic N) is 2. The highest BCUT2D eigenvalue weighted by Crippen LogP contribution is 2.10. The second-order valence-electron chi connectivity index (χ2n) is 4.22. The topological polar surface area (TPSA) is 63.2 Å². The van der Waals surface area contributed by atoms with Gasteiger partial charge in [-0.3, -0.25) is 5.32 Å². The molecule has 1 heterocycles. The van der Waals surface area contributed by atoms with E-state index in [2.05, 4.69) is 15.3 Å². The molecule has 2 rings (SSSR count). The highest BCUT2D eigenvalue weighted by atomic mass is 16.7. The van der Waals surface area contributed by atoms with Crippen molar-refractivity contribution in [2.75, 3.05) is 25.5 Å². The average molecular weight is 275 g/mol. The van der Waals surface area contributed by atoms with Crippen molar-refractivity contribution >= 4 is 18.0 Å². The van der Waals surface area contributed by atoms with Gasteiger partial charge < -0.3 is 9.68 Å². The average Bonchev–Trinajstić information content (AvgIpc) is 2.46. The van der Waals surface area contributed by atoms with E-state index in [1.165, 1.54) is 7.11 Å². The molecule has 106 valence electrons. The molecule has 0 spiro atoms. The summed E-state index contributed by atoms with van der Waals surface area (Å²) in [6, 6.07) is 9.17. The van der Waals surface area contributed by atoms with Crippen molar-refractivity contribution in [1.29, 1.82) is 0 Å². The second kappa shape index (κ2) is 7.30. The number of nitrogens with one attached hydrogen (secondary N) is 1. The van der Waals surface area contributed by atoms with Crippen LogP contribution in [0.25, 0.3) is 0 Å². The van der Waals surface area contributed by atoms with Crippen LogP contribution in [0.1, 0.15) is 6.42 Å². The number of benzene rings is 1. The van der Waals surface area contributed by atoms with Gasteiger partial charge in [-0.15, -0.1) is 5.06 Å². The number of hydroxylamine groups is 2. The maximum absolute atomic E-state index is 11.7. The summed E-state index contributed by atoms with van der Waals surface area (Å²) < 4.78 is 0. The largest absolute Gasteiger partial charge is 0.430 e. The van der Waals surface area contributed by atoms with E-state index in [0.29, 0.717) is 18.8 Å². The van der Waals surface area contributed by atoms with Crippen LogP contribution in [0.2, 0.25) is 0 Å². The summed E-state index contributed by atoms with van der Waals surface area (Å²) in [7, 11) is 1.49. The molecule has 6 nitrogen and oxygen atoms in total. The SMILES string of the molecule is CO/N=C/C1=CCCN(OC(=O)Nc2ccccc2)C1. The standard InChI is InChI=1S/C14H17N3O3/c1-19-15-10-12-6-5-9-17(11-12)20-14(18)16-13-7-3-2-4-8-13/h2-4,6-8,10H,5,9,11H2,1H3,(H,16,18)/b15-10+. The van der Waals surface area contributed by atoms with Gasteiger partial charge in [-0.2, -0.15) is 0 Å². The Labute approximate surface area is 117 Å². The van der Waals surface area contributed by atoms with Crippen LogP contribution >= 0.6 is 0 Å². The number of anilines is 1. The minimum absolute atomic E-state index is 0.495. The monoisotopic (exact) mass is 275 g/mol. The Balaban J connectivity index is 1.83. The molecule has 0 radical (unpaired) electrons. The van der Waals surface area contributed by atoms with Gasteiger partial charge in [-0.05, 0) is 24.1 Å². The van der Waals surface area contributed by atoms with E-state index in [4.69, 9.17) is 4.84 Å². The molecule has 0 unspecified atom stereocenters. The van der Waals surface area contributed by atoms with Crippen molar-refractivity contribution in [2.24, 2.45) is 5.16 Å². The molecule has 0 atom stereocenters. The molecular weight excluding hydrogens is 258 g/mol. The number of carbonyl (C=O) groups is 1. The lowest BCUT2D eigenvalue weighted by Gasteiger charge is -2.24. The van der Waals surface area contributed by atoms with Gasteiger partial charge in [0.25, 0.3) is 0 Å². The number of hydrogen-bond acceptors (Lipinski definition) is 5. The normalized spacial score (nSPS) is 15.8. The predicted molar refractivity (Wildman–Crippen MR) is 76.3 cm³/mol. The molecule has 1 N–H and O–H groups in total. The van der Waals surface area contributed by atoms with Gasteiger partial charge in [0.05, 0.1) is 12.8 Å². The lowest BCUT2D eigenvalue weighted by molar-refractivity contribution is -0.0872. The molecular formula is C14H17N3O3. The summed E-state index contributed by atoms with van der Waals surface area (Å²) in [5.41, 5.74) is 1.65. The van der Waals surface area contributed by atoms with Gasteiger partial charge in [0, 0.05) is 12.2 Å². The minimum Gasteiger partial charge on any atom is -0.399 e. The number of hydrogen-bond donors (Lipinski definition) is 1. The highest BCUT2D eigenvalue weighted by Gasteiger charge is 2.16. The molecule has 0 saturated heterocycles. The summed E-state index contributed by atoms with van der Waals surface area (Å²) >= 11 is 0. The molecule has 1 aromatic rings. The predicted octanol–water partition coefficient (Wildman–Crippen LogP) is 2.41. The Morgan fingerprint density at radius 3 is 2.95 bits per heavy atom. The number of rotatable bonds is 4. The van der Waals surface area contributed by atoms with E-state index >= 15 is 0 Å². The summed E-state index contributed by atoms with van der Waals surface area (Å²) in [4.78, 5) is 21.6. The molecule has 20 heavy (non-hydrogen) atoms. The third-order valence-corrected chi connectivity index (χ3v) is 2.70. The van der Waals surface area contributed by atoms with E-state index in [1.54, 1.807) is 23.4 Å². The quantitative estimate of drug-likeness (QED) is 0.677. The van der Waals surface area contributed by atoms with Crippen molar-refractivity contribution in [2.45, 2.75) is 6.42 Å². The molecule has 0 aliphatic carbocycles. The van der Waals surface area contributed by atoms with Gasteiger partial charge in [0.15, 0.2) is 0 Å². The summed E-state index contributed by atoms with van der Waals surface area (Å²) in [5.74, 6) is 0. The van der Waals surface area contributed by atoms with E-state index in [-0.39, 0.29) is 0 Å². The number of amides is 1. The number of para-hydroxylation sites is 1. The van der Waals surface area contributed by atoms with Crippen molar-refractivity contribution < 1.29 is 14.5 Å². The van der Waals surface area contributed by atoms with Crippen LogP contribution < -0.4 is 5.32 Å². The van der Waals surface area contributed by atoms with Crippen molar-refractivity contribution in [3.63, 3.8) is 0 Å². The summed E-state index contributed by atoms with van der Waals surface area (Å²) in [6.45, 7) is 1.15. The first-order valence-electron chi connectivity index (χ1n) is 6.32. The van der Waals surface area contributed by atoms with E-state index in [1.807, 2.05) is 24.3 Å². The maximum Gasteiger partial charge on any atom is 0.430 e. The molecule has 0 saturated carbocycles. The maximum atomic E-state index is 11.7. The van der Waals surface area contributed by atoms with E-state index < -0.39 is 6.09 Å². The van der Waals surface area contributed by atoms with Crippen molar-refractivity contribution in [3.8, 4) is 0 Å². The zero-order valence-electron chi connectivity index (χ0n) is 11.3. The lowest BCUT2D eigenvalue weighted by Crippen LogP contribution is -2.34. The third-order valence-electron chi connectivity index (χ3n) is 2.70. The van der Waals surface area contributed by atoms with E-state index in [9.17, 15) is 4.79 Å². The molecule has 1 amide bonds. The Hall–Kier alpha value is -2.34. The first-order chi connectivity index (χ1) is 9.78. The van der Waals surface area contributed by atoms with Gasteiger partial charge in [0.1, 0.15) is 7.11 Å². The zero-order chi connectivity index (χ0) is 14.2. The Kier molecular flexibility index (Phi) is 5.14. The van der Waals surface area contributed by atoms with Gasteiger partial charge in [-0.1, -0.05) is 29.4 Å². The summed E-state index contributed by atoms with van der Waals surface area (Å²) in [6.07, 6.45) is 3.95. The van der Waals surface area contributed by atoms with Gasteiger partial charge in [0.2, 0.25) is 0 Å². The molecule has 1 aliphatic rings. The molecule has 1 aliphatic heterocycles. The van der Waals surface area contributed by atoms with Crippen LogP contribution in [0, 0.1) is 0 Å². The van der Waals surface area contributed by atoms with E-state index in [0.717, 1.165) is 12.0 Å². The van der Waals surface area contributed by atoms with Crippen LogP contribution in [-0.4, -0.2) is 37.6 Å². The highest BCUT2D eigenvalue weighted by molar-refractivity contribution is 5.84. The van der Waals surface area contributed by atoms with Crippen molar-refractivity contribution in [3.05, 3.63) is 42.0 Å². The lowest BCUT2D eigenvalue weighted by atomic mass is 10.2. The molecule has 1 aromatic carbocycles. The Bertz CT molecular complexity index is 500. The Morgan fingerprint density at radius 1 is 1.40 bits per heavy atom.